The van der Waals surface area contributed by atoms with Gasteiger partial charge in [0.1, 0.15) is 11.4 Å². The molecular weight excluding hydrogens is 246 g/mol. The van der Waals surface area contributed by atoms with E-state index in [1.807, 2.05) is 18.2 Å². The summed E-state index contributed by atoms with van der Waals surface area (Å²) in [5.74, 6) is 1.61. The highest BCUT2D eigenvalue weighted by molar-refractivity contribution is 8.16. The van der Waals surface area contributed by atoms with E-state index in [4.69, 9.17) is 5.11 Å². The second-order valence-electron chi connectivity index (χ2n) is 3.75. The van der Waals surface area contributed by atoms with Crippen LogP contribution in [0, 0.1) is 0 Å². The maximum Gasteiger partial charge on any atom is 0.182 e. The fraction of sp³-hybridized carbons (Fsp3) is 0.308. The van der Waals surface area contributed by atoms with Crippen molar-refractivity contribution in [1.82, 2.24) is 0 Å². The highest BCUT2D eigenvalue weighted by Crippen LogP contribution is 2.17. The minimum atomic E-state index is 0.287. The summed E-state index contributed by atoms with van der Waals surface area (Å²) in [5.41, 5.74) is 1.30. The molecule has 0 saturated carbocycles. The smallest absolute Gasteiger partial charge is 0.182 e. The van der Waals surface area contributed by atoms with Crippen molar-refractivity contribution < 1.29 is 5.11 Å². The van der Waals surface area contributed by atoms with Crippen molar-refractivity contribution in [3.05, 3.63) is 35.9 Å². The Hall–Kier alpha value is -1.46. The van der Waals surface area contributed by atoms with Crippen molar-refractivity contribution in [3.63, 3.8) is 0 Å². The van der Waals surface area contributed by atoms with Crippen molar-refractivity contribution in [3.8, 4) is 0 Å². The van der Waals surface area contributed by atoms with E-state index in [1.54, 1.807) is 18.1 Å². The Morgan fingerprint density at radius 1 is 1.22 bits per heavy atom. The van der Waals surface area contributed by atoms with Gasteiger partial charge in [-0.25, -0.2) is 9.98 Å². The Balaban J connectivity index is 0.000000136. The number of nitrogens with zero attached hydrogens (tertiary/aromatic N) is 3. The summed E-state index contributed by atoms with van der Waals surface area (Å²) >= 11 is 1.63. The van der Waals surface area contributed by atoms with Crippen LogP contribution in [0.1, 0.15) is 12.0 Å². The van der Waals surface area contributed by atoms with Crippen LogP contribution in [0.2, 0.25) is 0 Å². The summed E-state index contributed by atoms with van der Waals surface area (Å²) in [4.78, 5) is 11.9. The summed E-state index contributed by atoms with van der Waals surface area (Å²) < 4.78 is 0. The van der Waals surface area contributed by atoms with E-state index in [0.717, 1.165) is 29.6 Å². The minimum Gasteiger partial charge on any atom is -0.396 e. The molecule has 94 valence electrons. The maximum absolute atomic E-state index is 8.53. The molecule has 2 aliphatic rings. The van der Waals surface area contributed by atoms with Crippen LogP contribution in [0.5, 0.6) is 0 Å². The molecule has 0 aliphatic carbocycles. The van der Waals surface area contributed by atoms with Crippen molar-refractivity contribution in [2.24, 2.45) is 15.0 Å². The molecule has 0 unspecified atom stereocenters. The Morgan fingerprint density at radius 2 is 2.06 bits per heavy atom. The lowest BCUT2D eigenvalue weighted by atomic mass is 10.1. The first-order valence-electron chi connectivity index (χ1n) is 5.83. The molecule has 0 spiro atoms. The fourth-order valence-electron chi connectivity index (χ4n) is 1.54. The summed E-state index contributed by atoms with van der Waals surface area (Å²) in [7, 11) is 0. The van der Waals surface area contributed by atoms with Gasteiger partial charge in [0.15, 0.2) is 5.84 Å². The van der Waals surface area contributed by atoms with Crippen LogP contribution in [-0.4, -0.2) is 34.8 Å². The van der Waals surface area contributed by atoms with Gasteiger partial charge in [-0.2, -0.15) is 0 Å². The first-order chi connectivity index (χ1) is 8.90. The Kier molecular flexibility index (Phi) is 5.11. The van der Waals surface area contributed by atoms with E-state index in [2.05, 4.69) is 27.1 Å². The average Bonchev–Trinajstić information content (AvgIpc) is 3.01. The van der Waals surface area contributed by atoms with Crippen LogP contribution in [0.3, 0.4) is 0 Å². The highest BCUT2D eigenvalue weighted by atomic mass is 32.2. The molecular formula is C13H15N3OS. The zero-order valence-corrected chi connectivity index (χ0v) is 10.8. The highest BCUT2D eigenvalue weighted by Gasteiger charge is 2.16. The number of aryl methyl sites for hydroxylation is 1. The molecule has 0 fully saturated rings. The third kappa shape index (κ3) is 3.78. The first-order valence-corrected chi connectivity index (χ1v) is 6.81. The number of aliphatic hydroxyl groups is 1. The van der Waals surface area contributed by atoms with Gasteiger partial charge in [0.05, 0.1) is 5.88 Å². The summed E-state index contributed by atoms with van der Waals surface area (Å²) in [6.07, 6.45) is 3.39. The number of amidine groups is 1. The molecule has 4 nitrogen and oxygen atoms in total. The number of thioether (sulfide) groups is 1. The van der Waals surface area contributed by atoms with Gasteiger partial charge in [-0.05, 0) is 18.4 Å². The maximum atomic E-state index is 8.53. The van der Waals surface area contributed by atoms with Crippen LogP contribution < -0.4 is 0 Å². The second-order valence-corrected chi connectivity index (χ2v) is 4.68. The third-order valence-electron chi connectivity index (χ3n) is 2.43. The minimum absolute atomic E-state index is 0.287. The average molecular weight is 261 g/mol. The van der Waals surface area contributed by atoms with Gasteiger partial charge in [0.2, 0.25) is 0 Å². The molecule has 1 N–H and O–H groups in total. The van der Waals surface area contributed by atoms with Crippen LogP contribution in [0.25, 0.3) is 0 Å². The quantitative estimate of drug-likeness (QED) is 0.906. The zero-order chi connectivity index (χ0) is 12.6. The van der Waals surface area contributed by atoms with E-state index in [1.165, 1.54) is 5.56 Å². The Bertz CT molecular complexity index is 468. The molecule has 3 rings (SSSR count). The predicted molar refractivity (Wildman–Crippen MR) is 77.7 cm³/mol. The number of hydrogen-bond acceptors (Lipinski definition) is 5. The third-order valence-corrected chi connectivity index (χ3v) is 3.25. The molecule has 1 aromatic rings. The van der Waals surface area contributed by atoms with Crippen LogP contribution in [0.4, 0.5) is 0 Å². The van der Waals surface area contributed by atoms with Crippen molar-refractivity contribution in [2.45, 2.75) is 12.8 Å². The number of benzene rings is 1. The lowest BCUT2D eigenvalue weighted by Crippen LogP contribution is -1.94. The van der Waals surface area contributed by atoms with E-state index in [9.17, 15) is 0 Å². The molecule has 0 radical (unpaired) electrons. The van der Waals surface area contributed by atoms with E-state index in [0.29, 0.717) is 0 Å². The van der Waals surface area contributed by atoms with Crippen molar-refractivity contribution in [2.75, 3.05) is 12.5 Å². The molecule has 5 heteroatoms. The Labute approximate surface area is 111 Å². The molecule has 0 aromatic heterocycles. The van der Waals surface area contributed by atoms with Gasteiger partial charge in [-0.1, -0.05) is 42.1 Å². The van der Waals surface area contributed by atoms with Gasteiger partial charge in [0.25, 0.3) is 0 Å². The van der Waals surface area contributed by atoms with E-state index < -0.39 is 0 Å². The fourth-order valence-corrected chi connectivity index (χ4v) is 2.22. The topological polar surface area (TPSA) is 57.3 Å². The molecule has 18 heavy (non-hydrogen) atoms. The molecule has 0 atom stereocenters. The molecule has 2 heterocycles. The SMILES string of the molecule is C1=NC2=NCSC2=N1.OCCCc1ccccc1. The van der Waals surface area contributed by atoms with Gasteiger partial charge in [-0.15, -0.1) is 0 Å². The number of fused-ring (bicyclic) bond motifs is 1. The lowest BCUT2D eigenvalue weighted by Gasteiger charge is -1.96. The number of hydrogen-bond donors (Lipinski definition) is 1. The standard InChI is InChI=1S/C9H12O.C4H3N3S/c10-8-4-7-9-5-2-1-3-6-9;1-5-3-4(6-1)8-2-7-3/h1-3,5-6,10H,4,7-8H2;1H,2H2. The molecule has 2 aliphatic heterocycles. The number of rotatable bonds is 3. The largest absolute Gasteiger partial charge is 0.396 e. The molecule has 1 aromatic carbocycles. The second kappa shape index (κ2) is 7.08. The Morgan fingerprint density at radius 3 is 2.78 bits per heavy atom. The van der Waals surface area contributed by atoms with Crippen molar-refractivity contribution >= 4 is 29.0 Å². The zero-order valence-electron chi connectivity index (χ0n) is 9.99. The van der Waals surface area contributed by atoms with Crippen LogP contribution in [0.15, 0.2) is 45.3 Å². The normalized spacial score (nSPS) is 15.6. The molecule has 0 amide bonds. The van der Waals surface area contributed by atoms with Gasteiger partial charge in [-0.3, -0.25) is 4.99 Å². The van der Waals surface area contributed by atoms with E-state index in [-0.39, 0.29) is 6.61 Å². The monoisotopic (exact) mass is 261 g/mol. The lowest BCUT2D eigenvalue weighted by molar-refractivity contribution is 0.288. The van der Waals surface area contributed by atoms with Crippen LogP contribution >= 0.6 is 11.8 Å². The summed E-state index contributed by atoms with van der Waals surface area (Å²) in [6.45, 7) is 0.287. The van der Waals surface area contributed by atoms with Gasteiger partial charge in [0, 0.05) is 6.61 Å². The summed E-state index contributed by atoms with van der Waals surface area (Å²) in [5, 5.41) is 9.50. The van der Waals surface area contributed by atoms with E-state index >= 15 is 0 Å². The number of aliphatic imine (C=N–C) groups is 3. The first kappa shape index (κ1) is 13.0. The summed E-state index contributed by atoms with van der Waals surface area (Å²) in [6, 6.07) is 10.2. The predicted octanol–water partition coefficient (Wildman–Crippen LogP) is 2.14. The van der Waals surface area contributed by atoms with Crippen molar-refractivity contribution in [1.29, 1.82) is 0 Å². The number of aliphatic hydroxyl groups excluding tert-OH is 1. The molecule has 0 saturated heterocycles. The van der Waals surface area contributed by atoms with Gasteiger partial charge < -0.3 is 5.11 Å². The van der Waals surface area contributed by atoms with Gasteiger partial charge >= 0.3 is 0 Å². The van der Waals surface area contributed by atoms with Crippen LogP contribution in [-0.2, 0) is 6.42 Å². The molecule has 0 bridgehead atoms.